The zero-order chi connectivity index (χ0) is 20.7. The van der Waals surface area contributed by atoms with Crippen molar-refractivity contribution in [3.05, 3.63) is 66.7 Å². The Balaban J connectivity index is 0.000000757. The third-order valence-electron chi connectivity index (χ3n) is 3.25. The Labute approximate surface area is 165 Å². The van der Waals surface area contributed by atoms with Crippen molar-refractivity contribution in [3.63, 3.8) is 0 Å². The second kappa shape index (κ2) is 14.5. The fourth-order valence-electron chi connectivity index (χ4n) is 2.28. The van der Waals surface area contributed by atoms with Gasteiger partial charge in [-0.15, -0.1) is 10.2 Å². The van der Waals surface area contributed by atoms with Crippen LogP contribution in [-0.2, 0) is 0 Å². The van der Waals surface area contributed by atoms with Gasteiger partial charge in [0.15, 0.2) is 0 Å². The highest BCUT2D eigenvalue weighted by Gasteiger charge is 2.04. The average molecular weight is 366 g/mol. The van der Waals surface area contributed by atoms with Crippen molar-refractivity contribution < 1.29 is 0 Å². The Morgan fingerprint density at radius 1 is 0.519 bits per heavy atom. The van der Waals surface area contributed by atoms with Gasteiger partial charge < -0.3 is 0 Å². The first-order valence-electron chi connectivity index (χ1n) is 10.2. The van der Waals surface area contributed by atoms with Crippen LogP contribution in [0.2, 0.25) is 0 Å². The fourth-order valence-corrected chi connectivity index (χ4v) is 2.28. The Bertz CT molecular complexity index is 846. The molecule has 0 saturated carbocycles. The minimum absolute atomic E-state index is 0.913. The summed E-state index contributed by atoms with van der Waals surface area (Å²) in [7, 11) is 0. The van der Waals surface area contributed by atoms with E-state index in [-0.39, 0.29) is 0 Å². The molecule has 0 aliphatic rings. The Kier molecular flexibility index (Phi) is 13.0. The molecule has 0 unspecified atom stereocenters. The van der Waals surface area contributed by atoms with Crippen LogP contribution in [0.1, 0.15) is 55.4 Å². The minimum Gasteiger partial charge on any atom is -0.150 e. The van der Waals surface area contributed by atoms with Crippen molar-refractivity contribution in [3.8, 4) is 5.69 Å². The van der Waals surface area contributed by atoms with Crippen LogP contribution in [0, 0.1) is 0 Å². The highest BCUT2D eigenvalue weighted by Crippen LogP contribution is 2.18. The summed E-state index contributed by atoms with van der Waals surface area (Å²) in [4.78, 5) is 1.69. The Morgan fingerprint density at radius 3 is 1.48 bits per heavy atom. The van der Waals surface area contributed by atoms with Crippen molar-refractivity contribution in [2.45, 2.75) is 55.4 Å². The van der Waals surface area contributed by atoms with E-state index in [1.807, 2.05) is 97.9 Å². The number of nitrogens with zero attached hydrogens (tertiary/aromatic N) is 3. The first-order valence-corrected chi connectivity index (χ1v) is 10.2. The number of rotatable bonds is 1. The minimum atomic E-state index is 0.913. The maximum absolute atomic E-state index is 4.50. The van der Waals surface area contributed by atoms with Crippen molar-refractivity contribution in [2.24, 2.45) is 0 Å². The van der Waals surface area contributed by atoms with Gasteiger partial charge >= 0.3 is 0 Å². The smallest absolute Gasteiger partial charge is 0.113 e. The highest BCUT2D eigenvalue weighted by atomic mass is 15.5. The summed E-state index contributed by atoms with van der Waals surface area (Å²) in [5, 5.41) is 11.4. The molecule has 3 aromatic carbocycles. The summed E-state index contributed by atoms with van der Waals surface area (Å²) in [5.41, 5.74) is 2.81. The SMILES string of the molecule is CC.CC.CC.CC.c1ccc2cc(-n3nc4ccccc4n3)ccc2c1. The van der Waals surface area contributed by atoms with Crippen LogP contribution in [0.5, 0.6) is 0 Å². The normalized spacial score (nSPS) is 8.74. The topological polar surface area (TPSA) is 30.7 Å². The molecule has 4 rings (SSSR count). The molecule has 0 fully saturated rings. The molecule has 0 atom stereocenters. The molecule has 0 aliphatic carbocycles. The van der Waals surface area contributed by atoms with E-state index in [1.165, 1.54) is 10.8 Å². The van der Waals surface area contributed by atoms with Crippen LogP contribution < -0.4 is 0 Å². The first-order chi connectivity index (χ1) is 13.4. The van der Waals surface area contributed by atoms with Gasteiger partial charge in [-0.2, -0.15) is 4.80 Å². The number of aromatic nitrogens is 3. The van der Waals surface area contributed by atoms with Crippen LogP contribution in [0.15, 0.2) is 66.7 Å². The van der Waals surface area contributed by atoms with Crippen LogP contribution in [0.3, 0.4) is 0 Å². The third-order valence-corrected chi connectivity index (χ3v) is 3.25. The predicted molar refractivity (Wildman–Crippen MR) is 122 cm³/mol. The van der Waals surface area contributed by atoms with E-state index < -0.39 is 0 Å². The van der Waals surface area contributed by atoms with E-state index in [4.69, 9.17) is 0 Å². The Morgan fingerprint density at radius 2 is 0.963 bits per heavy atom. The molecule has 0 radical (unpaired) electrons. The lowest BCUT2D eigenvalue weighted by molar-refractivity contribution is 0.767. The van der Waals surface area contributed by atoms with Gasteiger partial charge in [-0.05, 0) is 35.0 Å². The molecule has 0 aliphatic heterocycles. The second-order valence-electron chi connectivity index (χ2n) is 4.51. The standard InChI is InChI=1S/C16H11N3.4C2H6/c1-2-6-13-11-14(10-9-12(13)5-1)19-17-15-7-3-4-8-16(15)18-19;4*1-2/h1-11H;4*1-2H3. The molecule has 146 valence electrons. The van der Waals surface area contributed by atoms with Crippen molar-refractivity contribution in [1.82, 2.24) is 15.0 Å². The van der Waals surface area contributed by atoms with E-state index in [0.717, 1.165) is 16.7 Å². The van der Waals surface area contributed by atoms with Gasteiger partial charge in [0.05, 0.1) is 5.69 Å². The molecule has 0 saturated heterocycles. The molecule has 0 spiro atoms. The Hall–Kier alpha value is -2.68. The summed E-state index contributed by atoms with van der Waals surface area (Å²) >= 11 is 0. The molecule has 0 N–H and O–H groups in total. The van der Waals surface area contributed by atoms with Gasteiger partial charge in [-0.3, -0.25) is 0 Å². The zero-order valence-electron chi connectivity index (χ0n) is 18.2. The lowest BCUT2D eigenvalue weighted by Crippen LogP contribution is -1.97. The lowest BCUT2D eigenvalue weighted by atomic mass is 10.1. The van der Waals surface area contributed by atoms with E-state index in [0.29, 0.717) is 0 Å². The summed E-state index contributed by atoms with van der Waals surface area (Å²) < 4.78 is 0. The van der Waals surface area contributed by atoms with E-state index in [9.17, 15) is 0 Å². The average Bonchev–Trinajstić information content (AvgIpc) is 3.23. The molecule has 3 heteroatoms. The van der Waals surface area contributed by atoms with E-state index >= 15 is 0 Å². The third kappa shape index (κ3) is 6.52. The van der Waals surface area contributed by atoms with Crippen molar-refractivity contribution >= 4 is 21.8 Å². The fraction of sp³-hybridized carbons (Fsp3) is 0.333. The molecule has 0 bridgehead atoms. The molecule has 1 heterocycles. The van der Waals surface area contributed by atoms with Crippen LogP contribution in [0.25, 0.3) is 27.5 Å². The van der Waals surface area contributed by atoms with Crippen LogP contribution in [-0.4, -0.2) is 15.0 Å². The van der Waals surface area contributed by atoms with Gasteiger partial charge in [0.1, 0.15) is 11.0 Å². The van der Waals surface area contributed by atoms with Crippen molar-refractivity contribution in [2.75, 3.05) is 0 Å². The van der Waals surface area contributed by atoms with Gasteiger partial charge in [0.25, 0.3) is 0 Å². The molecular formula is C24H35N3. The molecule has 1 aromatic heterocycles. The van der Waals surface area contributed by atoms with E-state index in [1.54, 1.807) is 4.80 Å². The number of hydrogen-bond donors (Lipinski definition) is 0. The largest absolute Gasteiger partial charge is 0.150 e. The predicted octanol–water partition coefficient (Wildman–Crippen LogP) is 7.68. The lowest BCUT2D eigenvalue weighted by Gasteiger charge is -2.01. The highest BCUT2D eigenvalue weighted by molar-refractivity contribution is 5.84. The summed E-state index contributed by atoms with van der Waals surface area (Å²) in [6, 6.07) is 22.4. The molecule has 4 aromatic rings. The van der Waals surface area contributed by atoms with Gasteiger partial charge in [-0.25, -0.2) is 0 Å². The van der Waals surface area contributed by atoms with Gasteiger partial charge in [-0.1, -0.05) is 97.9 Å². The molecule has 0 amide bonds. The molecule has 3 nitrogen and oxygen atoms in total. The number of benzene rings is 3. The van der Waals surface area contributed by atoms with Gasteiger partial charge in [0.2, 0.25) is 0 Å². The van der Waals surface area contributed by atoms with Crippen LogP contribution >= 0.6 is 0 Å². The summed E-state index contributed by atoms with van der Waals surface area (Å²) in [6.07, 6.45) is 0. The van der Waals surface area contributed by atoms with Gasteiger partial charge in [0, 0.05) is 0 Å². The summed E-state index contributed by atoms with van der Waals surface area (Å²) in [5.74, 6) is 0. The van der Waals surface area contributed by atoms with Crippen LogP contribution in [0.4, 0.5) is 0 Å². The molecular weight excluding hydrogens is 330 g/mol. The maximum atomic E-state index is 4.50. The summed E-state index contributed by atoms with van der Waals surface area (Å²) in [6.45, 7) is 16.0. The first kappa shape index (κ1) is 24.3. The monoisotopic (exact) mass is 365 g/mol. The number of fused-ring (bicyclic) bond motifs is 2. The molecule has 27 heavy (non-hydrogen) atoms. The second-order valence-corrected chi connectivity index (χ2v) is 4.51. The zero-order valence-corrected chi connectivity index (χ0v) is 18.2. The van der Waals surface area contributed by atoms with E-state index in [2.05, 4.69) is 34.5 Å². The maximum Gasteiger partial charge on any atom is 0.113 e. The van der Waals surface area contributed by atoms with Crippen molar-refractivity contribution in [1.29, 1.82) is 0 Å². The number of hydrogen-bond acceptors (Lipinski definition) is 2. The quantitative estimate of drug-likeness (QED) is 0.346.